The quantitative estimate of drug-likeness (QED) is 0.320. The molecule has 1 heterocycles. The molecule has 7 heteroatoms. The number of amides is 1. The Kier molecular flexibility index (Phi) is 5.40. The molecule has 2 aliphatic rings. The Bertz CT molecular complexity index is 1350. The predicted molar refractivity (Wildman–Crippen MR) is 122 cm³/mol. The second kappa shape index (κ2) is 8.41. The smallest absolute Gasteiger partial charge is 0.300 e. The lowest BCUT2D eigenvalue weighted by molar-refractivity contribution is -0.132. The van der Waals surface area contributed by atoms with Gasteiger partial charge in [0.2, 0.25) is 0 Å². The van der Waals surface area contributed by atoms with Crippen molar-refractivity contribution >= 4 is 23.1 Å². The second-order valence-corrected chi connectivity index (χ2v) is 8.55. The molecule has 0 spiro atoms. The van der Waals surface area contributed by atoms with Gasteiger partial charge in [0.25, 0.3) is 11.7 Å². The van der Waals surface area contributed by atoms with E-state index in [2.05, 4.69) is 0 Å². The number of nitrogens with zero attached hydrogens (tertiary/aromatic N) is 1. The number of carbonyl (C=O) groups excluding carboxylic acids is 2. The molecule has 1 unspecified atom stereocenters. The molecule has 3 aromatic carbocycles. The summed E-state index contributed by atoms with van der Waals surface area (Å²) in [6.07, 6.45) is 3.91. The first-order chi connectivity index (χ1) is 16.3. The Labute approximate surface area is 194 Å². The molecule has 1 saturated heterocycles. The van der Waals surface area contributed by atoms with Crippen LogP contribution < -0.4 is 4.90 Å². The molecular weight excluding hydrogens is 440 g/mol. The lowest BCUT2D eigenvalue weighted by Gasteiger charge is -2.26. The monoisotopic (exact) mass is 461 g/mol. The van der Waals surface area contributed by atoms with Crippen molar-refractivity contribution in [1.82, 2.24) is 0 Å². The topological polar surface area (TPSA) is 77.8 Å². The van der Waals surface area contributed by atoms with E-state index in [1.165, 1.54) is 29.8 Å². The Morgan fingerprint density at radius 1 is 0.882 bits per heavy atom. The van der Waals surface area contributed by atoms with Gasteiger partial charge in [-0.3, -0.25) is 14.5 Å². The number of aliphatic hydroxyl groups is 1. The molecule has 0 bridgehead atoms. The Morgan fingerprint density at radius 2 is 1.59 bits per heavy atom. The molecule has 0 saturated carbocycles. The molecule has 34 heavy (non-hydrogen) atoms. The number of hydrogen-bond acceptors (Lipinski definition) is 4. The van der Waals surface area contributed by atoms with Gasteiger partial charge in [-0.2, -0.15) is 0 Å². The van der Waals surface area contributed by atoms with Crippen LogP contribution in [0.2, 0.25) is 0 Å². The average Bonchev–Trinajstić information content (AvgIpc) is 3.09. The minimum absolute atomic E-state index is 0.0386. The van der Waals surface area contributed by atoms with E-state index in [9.17, 15) is 28.6 Å². The number of rotatable bonds is 3. The third-order valence-corrected chi connectivity index (χ3v) is 6.44. The third-order valence-electron chi connectivity index (χ3n) is 6.44. The maximum atomic E-state index is 14.7. The molecule has 2 N–H and O–H groups in total. The van der Waals surface area contributed by atoms with Crippen LogP contribution in [0.5, 0.6) is 5.75 Å². The van der Waals surface area contributed by atoms with Crippen molar-refractivity contribution in [2.24, 2.45) is 0 Å². The van der Waals surface area contributed by atoms with Crippen molar-refractivity contribution in [3.8, 4) is 5.75 Å². The van der Waals surface area contributed by atoms with Gasteiger partial charge in [0.05, 0.1) is 17.3 Å². The molecule has 0 aromatic heterocycles. The molecule has 5 nitrogen and oxygen atoms in total. The van der Waals surface area contributed by atoms with Crippen LogP contribution >= 0.6 is 0 Å². The van der Waals surface area contributed by atoms with E-state index in [1.807, 2.05) is 12.1 Å². The minimum atomic E-state index is -1.17. The molecule has 5 rings (SSSR count). The number of aryl methyl sites for hydroxylation is 2. The van der Waals surface area contributed by atoms with Gasteiger partial charge in [-0.25, -0.2) is 8.78 Å². The summed E-state index contributed by atoms with van der Waals surface area (Å²) in [4.78, 5) is 27.2. The lowest BCUT2D eigenvalue weighted by Crippen LogP contribution is -2.30. The first-order valence-electron chi connectivity index (χ1n) is 11.0. The molecule has 1 fully saturated rings. The van der Waals surface area contributed by atoms with Crippen molar-refractivity contribution in [3.05, 3.63) is 100 Å². The molecule has 1 aliphatic heterocycles. The molecule has 172 valence electrons. The first kappa shape index (κ1) is 21.8. The highest BCUT2D eigenvalue weighted by atomic mass is 19.1. The highest BCUT2D eigenvalue weighted by molar-refractivity contribution is 6.51. The number of ketones is 1. The van der Waals surface area contributed by atoms with Crippen LogP contribution in [-0.4, -0.2) is 21.9 Å². The van der Waals surface area contributed by atoms with Crippen LogP contribution in [0, 0.1) is 11.6 Å². The fourth-order valence-corrected chi connectivity index (χ4v) is 4.77. The molecular formula is C27H21F2NO4. The zero-order valence-electron chi connectivity index (χ0n) is 18.1. The number of aliphatic hydroxyl groups excluding tert-OH is 1. The number of carbonyl (C=O) groups is 2. The Balaban J connectivity index is 1.71. The lowest BCUT2D eigenvalue weighted by atomic mass is 9.88. The predicted octanol–water partition coefficient (Wildman–Crippen LogP) is 5.18. The van der Waals surface area contributed by atoms with Crippen LogP contribution in [0.3, 0.4) is 0 Å². The molecule has 1 atom stereocenters. The number of aromatic hydroxyl groups is 1. The number of phenolic OH excluding ortho intramolecular Hbond substituents is 1. The highest BCUT2D eigenvalue weighted by Gasteiger charge is 2.47. The van der Waals surface area contributed by atoms with Crippen LogP contribution in [0.4, 0.5) is 14.5 Å². The van der Waals surface area contributed by atoms with Crippen LogP contribution in [0.25, 0.3) is 5.76 Å². The van der Waals surface area contributed by atoms with Gasteiger partial charge in [0.1, 0.15) is 23.1 Å². The van der Waals surface area contributed by atoms with Crippen LogP contribution in [0.15, 0.2) is 66.2 Å². The van der Waals surface area contributed by atoms with E-state index in [-0.39, 0.29) is 22.8 Å². The summed E-state index contributed by atoms with van der Waals surface area (Å²) in [6.45, 7) is 0. The standard InChI is InChI=1S/C27H21F2NO4/c28-19-9-12-22(21(29)14-19)30-24(16-7-10-20(31)11-8-16)23(26(33)27(30)34)25(32)18-6-5-15-3-1-2-4-17(15)13-18/h5-14,24,31-32H,1-4H2/b25-23-. The molecule has 1 amide bonds. The van der Waals surface area contributed by atoms with Crippen molar-refractivity contribution in [1.29, 1.82) is 0 Å². The van der Waals surface area contributed by atoms with Crippen molar-refractivity contribution in [2.45, 2.75) is 31.7 Å². The largest absolute Gasteiger partial charge is 0.508 e. The maximum Gasteiger partial charge on any atom is 0.300 e. The number of benzene rings is 3. The van der Waals surface area contributed by atoms with Crippen molar-refractivity contribution in [2.75, 3.05) is 4.90 Å². The third kappa shape index (κ3) is 3.63. The number of fused-ring (bicyclic) bond motifs is 1. The second-order valence-electron chi connectivity index (χ2n) is 8.55. The van der Waals surface area contributed by atoms with Gasteiger partial charge in [-0.1, -0.05) is 24.3 Å². The van der Waals surface area contributed by atoms with Gasteiger partial charge in [0, 0.05) is 11.6 Å². The van der Waals surface area contributed by atoms with Gasteiger partial charge < -0.3 is 10.2 Å². The Hall–Kier alpha value is -4.00. The normalized spacial score (nSPS) is 19.4. The zero-order valence-corrected chi connectivity index (χ0v) is 18.1. The fraction of sp³-hybridized carbons (Fsp3) is 0.185. The molecule has 0 radical (unpaired) electrons. The van der Waals surface area contributed by atoms with Crippen LogP contribution in [0.1, 0.15) is 41.1 Å². The van der Waals surface area contributed by atoms with Gasteiger partial charge >= 0.3 is 0 Å². The highest BCUT2D eigenvalue weighted by Crippen LogP contribution is 2.43. The maximum absolute atomic E-state index is 14.7. The SMILES string of the molecule is O=C1C(=O)N(c2ccc(F)cc2F)C(c2ccc(O)cc2)/C1=C(/O)c1ccc2c(c1)CCCC2. The number of hydrogen-bond donors (Lipinski definition) is 2. The summed E-state index contributed by atoms with van der Waals surface area (Å²) in [5.74, 6) is -4.26. The summed E-state index contributed by atoms with van der Waals surface area (Å²) < 4.78 is 28.3. The van der Waals surface area contributed by atoms with Crippen molar-refractivity contribution in [3.63, 3.8) is 0 Å². The summed E-state index contributed by atoms with van der Waals surface area (Å²) in [6, 6.07) is 12.7. The van der Waals surface area contributed by atoms with E-state index in [4.69, 9.17) is 0 Å². The first-order valence-corrected chi connectivity index (χ1v) is 11.0. The van der Waals surface area contributed by atoms with E-state index in [0.29, 0.717) is 17.2 Å². The zero-order chi connectivity index (χ0) is 24.0. The molecule has 3 aromatic rings. The van der Waals surface area contributed by atoms with E-state index in [0.717, 1.165) is 48.3 Å². The van der Waals surface area contributed by atoms with Gasteiger partial charge in [-0.15, -0.1) is 0 Å². The summed E-state index contributed by atoms with van der Waals surface area (Å²) in [7, 11) is 0. The summed E-state index contributed by atoms with van der Waals surface area (Å²) in [5, 5.41) is 21.0. The molecule has 1 aliphatic carbocycles. The van der Waals surface area contributed by atoms with Gasteiger partial charge in [-0.05, 0) is 72.7 Å². The van der Waals surface area contributed by atoms with E-state index >= 15 is 0 Å². The van der Waals surface area contributed by atoms with Crippen molar-refractivity contribution < 1.29 is 28.6 Å². The summed E-state index contributed by atoms with van der Waals surface area (Å²) in [5.41, 5.74) is 2.55. The number of halogens is 2. The van der Waals surface area contributed by atoms with Gasteiger partial charge in [0.15, 0.2) is 0 Å². The number of Topliss-reactive ketones (excluding diaryl/α,β-unsaturated/α-hetero) is 1. The average molecular weight is 461 g/mol. The fourth-order valence-electron chi connectivity index (χ4n) is 4.77. The summed E-state index contributed by atoms with van der Waals surface area (Å²) >= 11 is 0. The number of phenols is 1. The van der Waals surface area contributed by atoms with E-state index < -0.39 is 29.4 Å². The van der Waals surface area contributed by atoms with Crippen LogP contribution in [-0.2, 0) is 22.4 Å². The van der Waals surface area contributed by atoms with E-state index in [1.54, 1.807) is 6.07 Å². The minimum Gasteiger partial charge on any atom is -0.508 e. The number of anilines is 1. The Morgan fingerprint density at radius 3 is 2.29 bits per heavy atom.